The molecule has 0 N–H and O–H groups in total. The molecule has 160 valence electrons. The average molecular weight is 414 g/mol. The Morgan fingerprint density at radius 2 is 2.03 bits per heavy atom. The summed E-state index contributed by atoms with van der Waals surface area (Å²) in [5.74, 6) is 0.0866. The Bertz CT molecular complexity index is 1120. The Kier molecular flexibility index (Phi) is 5.78. The Hall–Kier alpha value is -2.65. The number of fused-ring (bicyclic) bond motifs is 2. The number of unbranched alkanes of at least 4 members (excludes halogenated alkanes) is 1. The second-order valence-corrected chi connectivity index (χ2v) is 9.07. The lowest BCUT2D eigenvalue weighted by atomic mass is 9.88. The van der Waals surface area contributed by atoms with Gasteiger partial charge in [-0.2, -0.15) is 0 Å². The monoisotopic (exact) mass is 413 g/mol. The van der Waals surface area contributed by atoms with Gasteiger partial charge < -0.3 is 4.42 Å². The zero-order chi connectivity index (χ0) is 21.2. The van der Waals surface area contributed by atoms with E-state index >= 15 is 0 Å². The molecule has 1 unspecified atom stereocenters. The van der Waals surface area contributed by atoms with Gasteiger partial charge in [-0.15, -0.1) is 0 Å². The molecule has 3 aromatic rings. The van der Waals surface area contributed by atoms with Gasteiger partial charge in [0, 0.05) is 34.7 Å². The van der Waals surface area contributed by atoms with Gasteiger partial charge in [0.1, 0.15) is 5.58 Å². The Morgan fingerprint density at radius 3 is 2.94 bits per heavy atom. The normalized spacial score (nSPS) is 19.3. The maximum Gasteiger partial charge on any atom is 0.193 e. The third-order valence-electron chi connectivity index (χ3n) is 6.97. The fraction of sp³-hybridized carbons (Fsp3) is 0.393. The molecule has 0 aliphatic carbocycles. The van der Waals surface area contributed by atoms with E-state index in [0.717, 1.165) is 59.9 Å². The van der Waals surface area contributed by atoms with E-state index in [2.05, 4.69) is 30.0 Å². The minimum Gasteiger partial charge on any atom is -0.464 e. The van der Waals surface area contributed by atoms with Crippen molar-refractivity contribution in [2.45, 2.75) is 57.9 Å². The summed E-state index contributed by atoms with van der Waals surface area (Å²) in [6, 6.07) is 14.6. The average Bonchev–Trinajstić information content (AvgIpc) is 3.25. The van der Waals surface area contributed by atoms with Gasteiger partial charge >= 0.3 is 0 Å². The predicted molar refractivity (Wildman–Crippen MR) is 127 cm³/mol. The number of carbonyl (C=O) groups excluding carboxylic acids is 1. The number of aryl methyl sites for hydroxylation is 1. The van der Waals surface area contributed by atoms with Crippen LogP contribution in [0.25, 0.3) is 16.5 Å². The Balaban J connectivity index is 1.44. The SMILES string of the molecule is CCCCc1cccc(C(=O)c2ccc3occ(C4=CCN5CCCCC5C4)c3c2)c1. The van der Waals surface area contributed by atoms with Crippen LogP contribution < -0.4 is 0 Å². The van der Waals surface area contributed by atoms with E-state index < -0.39 is 0 Å². The number of nitrogens with zero attached hydrogens (tertiary/aromatic N) is 1. The van der Waals surface area contributed by atoms with Crippen molar-refractivity contribution in [1.82, 2.24) is 4.90 Å². The van der Waals surface area contributed by atoms with Gasteiger partial charge in [0.15, 0.2) is 5.78 Å². The van der Waals surface area contributed by atoms with Crippen LogP contribution in [-0.2, 0) is 6.42 Å². The van der Waals surface area contributed by atoms with Crippen molar-refractivity contribution in [3.63, 3.8) is 0 Å². The highest BCUT2D eigenvalue weighted by Crippen LogP contribution is 2.36. The Morgan fingerprint density at radius 1 is 1.13 bits per heavy atom. The molecule has 2 aliphatic rings. The molecule has 1 saturated heterocycles. The van der Waals surface area contributed by atoms with Gasteiger partial charge in [0.05, 0.1) is 6.26 Å². The molecular weight excluding hydrogens is 382 g/mol. The van der Waals surface area contributed by atoms with E-state index in [0.29, 0.717) is 6.04 Å². The molecule has 0 spiro atoms. The first-order chi connectivity index (χ1) is 15.2. The van der Waals surface area contributed by atoms with Crippen LogP contribution in [0.2, 0.25) is 0 Å². The van der Waals surface area contributed by atoms with E-state index in [1.165, 1.54) is 36.9 Å². The van der Waals surface area contributed by atoms with Crippen molar-refractivity contribution in [1.29, 1.82) is 0 Å². The summed E-state index contributed by atoms with van der Waals surface area (Å²) in [6.07, 6.45) is 12.6. The van der Waals surface area contributed by atoms with Crippen LogP contribution in [0.5, 0.6) is 0 Å². The number of rotatable bonds is 6. The van der Waals surface area contributed by atoms with E-state index in [-0.39, 0.29) is 5.78 Å². The van der Waals surface area contributed by atoms with E-state index in [4.69, 9.17) is 4.42 Å². The molecule has 0 saturated carbocycles. The molecule has 2 aliphatic heterocycles. The number of carbonyl (C=O) groups is 1. The third-order valence-corrected chi connectivity index (χ3v) is 6.97. The number of furan rings is 1. The first kappa shape index (κ1) is 20.3. The van der Waals surface area contributed by atoms with E-state index in [1.54, 1.807) is 0 Å². The summed E-state index contributed by atoms with van der Waals surface area (Å²) >= 11 is 0. The highest BCUT2D eigenvalue weighted by atomic mass is 16.3. The highest BCUT2D eigenvalue weighted by molar-refractivity contribution is 6.11. The third kappa shape index (κ3) is 4.12. The molecule has 3 heterocycles. The minimum absolute atomic E-state index is 0.0866. The fourth-order valence-electron chi connectivity index (χ4n) is 5.15. The lowest BCUT2D eigenvalue weighted by molar-refractivity contribution is 0.103. The van der Waals surface area contributed by atoms with Gasteiger partial charge in [0.25, 0.3) is 0 Å². The van der Waals surface area contributed by atoms with Gasteiger partial charge in [-0.05, 0) is 74.1 Å². The second kappa shape index (κ2) is 8.84. The zero-order valence-electron chi connectivity index (χ0n) is 18.4. The summed E-state index contributed by atoms with van der Waals surface area (Å²) < 4.78 is 5.88. The van der Waals surface area contributed by atoms with Crippen molar-refractivity contribution in [3.05, 3.63) is 77.1 Å². The van der Waals surface area contributed by atoms with Crippen molar-refractivity contribution < 1.29 is 9.21 Å². The van der Waals surface area contributed by atoms with Crippen LogP contribution in [0.1, 0.15) is 72.5 Å². The number of hydrogen-bond donors (Lipinski definition) is 0. The molecule has 3 nitrogen and oxygen atoms in total. The first-order valence-electron chi connectivity index (χ1n) is 11.8. The van der Waals surface area contributed by atoms with Crippen LogP contribution in [0, 0.1) is 0 Å². The van der Waals surface area contributed by atoms with E-state index in [9.17, 15) is 4.79 Å². The number of benzene rings is 2. The fourth-order valence-corrected chi connectivity index (χ4v) is 5.15. The van der Waals surface area contributed by atoms with Crippen molar-refractivity contribution in [2.75, 3.05) is 13.1 Å². The lowest BCUT2D eigenvalue weighted by Crippen LogP contribution is -2.41. The number of ketones is 1. The predicted octanol–water partition coefficient (Wildman–Crippen LogP) is 6.65. The molecule has 1 aromatic heterocycles. The molecule has 0 bridgehead atoms. The first-order valence-corrected chi connectivity index (χ1v) is 11.8. The van der Waals surface area contributed by atoms with Gasteiger partial charge in [-0.1, -0.05) is 44.0 Å². The van der Waals surface area contributed by atoms with Gasteiger partial charge in [-0.25, -0.2) is 0 Å². The van der Waals surface area contributed by atoms with Crippen LogP contribution in [0.4, 0.5) is 0 Å². The molecule has 2 aromatic carbocycles. The van der Waals surface area contributed by atoms with Crippen LogP contribution >= 0.6 is 0 Å². The highest BCUT2D eigenvalue weighted by Gasteiger charge is 2.27. The molecular formula is C28H31NO2. The van der Waals surface area contributed by atoms with E-state index in [1.807, 2.05) is 36.6 Å². The van der Waals surface area contributed by atoms with Crippen molar-refractivity contribution in [3.8, 4) is 0 Å². The standard InChI is InChI=1S/C28H31NO2/c1-2-3-7-20-8-6-9-22(16-20)28(30)23-11-12-27-25(18-23)26(19-31-27)21-13-15-29-14-5-4-10-24(29)17-21/h6,8-9,11-13,16,18-19,24H,2-5,7,10,14-15,17H2,1H3. The minimum atomic E-state index is 0.0866. The second-order valence-electron chi connectivity index (χ2n) is 9.07. The topological polar surface area (TPSA) is 33.5 Å². The molecule has 3 heteroatoms. The van der Waals surface area contributed by atoms with Crippen LogP contribution in [0.15, 0.2) is 59.2 Å². The zero-order valence-corrected chi connectivity index (χ0v) is 18.4. The smallest absolute Gasteiger partial charge is 0.193 e. The number of piperidine rings is 1. The largest absolute Gasteiger partial charge is 0.464 e. The van der Waals surface area contributed by atoms with Crippen LogP contribution in [0.3, 0.4) is 0 Å². The molecule has 5 rings (SSSR count). The Labute approximate surface area is 184 Å². The molecule has 0 amide bonds. The molecule has 1 atom stereocenters. The van der Waals surface area contributed by atoms with Crippen LogP contribution in [-0.4, -0.2) is 29.8 Å². The molecule has 0 radical (unpaired) electrons. The lowest BCUT2D eigenvalue weighted by Gasteiger charge is -2.38. The summed E-state index contributed by atoms with van der Waals surface area (Å²) in [6.45, 7) is 4.44. The molecule has 1 fully saturated rings. The van der Waals surface area contributed by atoms with Gasteiger partial charge in [0.2, 0.25) is 0 Å². The van der Waals surface area contributed by atoms with Gasteiger partial charge in [-0.3, -0.25) is 9.69 Å². The maximum absolute atomic E-state index is 13.3. The summed E-state index contributed by atoms with van der Waals surface area (Å²) in [5.41, 5.74) is 6.13. The summed E-state index contributed by atoms with van der Waals surface area (Å²) in [4.78, 5) is 15.9. The quantitative estimate of drug-likeness (QED) is 0.424. The molecule has 31 heavy (non-hydrogen) atoms. The van der Waals surface area contributed by atoms with Crippen molar-refractivity contribution in [2.24, 2.45) is 0 Å². The maximum atomic E-state index is 13.3. The van der Waals surface area contributed by atoms with Crippen molar-refractivity contribution >= 4 is 22.3 Å². The number of hydrogen-bond acceptors (Lipinski definition) is 3. The summed E-state index contributed by atoms with van der Waals surface area (Å²) in [5, 5.41) is 1.06. The summed E-state index contributed by atoms with van der Waals surface area (Å²) in [7, 11) is 0.